The van der Waals surface area contributed by atoms with Crippen LogP contribution in [0.25, 0.3) is 0 Å². The van der Waals surface area contributed by atoms with E-state index in [1.54, 1.807) is 0 Å². The Bertz CT molecular complexity index is 418. The zero-order valence-corrected chi connectivity index (χ0v) is 10.3. The lowest BCUT2D eigenvalue weighted by Crippen LogP contribution is -2.24. The molecule has 4 nitrogen and oxygen atoms in total. The molecule has 18 heavy (non-hydrogen) atoms. The van der Waals surface area contributed by atoms with Gasteiger partial charge in [-0.15, -0.1) is 0 Å². The molecule has 1 atom stereocenters. The highest BCUT2D eigenvalue weighted by atomic mass is 16.4. The van der Waals surface area contributed by atoms with E-state index in [1.807, 2.05) is 30.3 Å². The topological polar surface area (TPSA) is 65.2 Å². The molecule has 2 N–H and O–H groups in total. The minimum absolute atomic E-state index is 0.0788. The molecular formula is C14H18N2O2. The lowest BCUT2D eigenvalue weighted by molar-refractivity contribution is 0.310. The number of oxime groups is 2. The third-order valence-corrected chi connectivity index (χ3v) is 3.46. The fraction of sp³-hybridized carbons (Fsp3) is 0.429. The Morgan fingerprint density at radius 3 is 2.00 bits per heavy atom. The third kappa shape index (κ3) is 2.88. The number of hydrogen-bond donors (Lipinski definition) is 2. The molecule has 1 aromatic rings. The summed E-state index contributed by atoms with van der Waals surface area (Å²) in [5.74, 6) is -0.0788. The van der Waals surface area contributed by atoms with Gasteiger partial charge in [0.25, 0.3) is 0 Å². The molecule has 1 aliphatic rings. The van der Waals surface area contributed by atoms with Crippen molar-refractivity contribution in [2.75, 3.05) is 0 Å². The summed E-state index contributed by atoms with van der Waals surface area (Å²) < 4.78 is 0. The van der Waals surface area contributed by atoms with Gasteiger partial charge in [0.2, 0.25) is 0 Å². The molecule has 0 spiro atoms. The maximum atomic E-state index is 9.13. The number of benzene rings is 1. The number of rotatable bonds is 2. The second-order valence-electron chi connectivity index (χ2n) is 4.63. The van der Waals surface area contributed by atoms with E-state index in [4.69, 9.17) is 10.4 Å². The molecule has 4 heteroatoms. The highest BCUT2D eigenvalue weighted by Gasteiger charge is 2.26. The van der Waals surface area contributed by atoms with E-state index in [0.29, 0.717) is 0 Å². The van der Waals surface area contributed by atoms with Crippen LogP contribution in [-0.2, 0) is 6.42 Å². The first-order valence-corrected chi connectivity index (χ1v) is 6.30. The van der Waals surface area contributed by atoms with E-state index < -0.39 is 0 Å². The molecule has 1 unspecified atom stereocenters. The fourth-order valence-corrected chi connectivity index (χ4v) is 2.48. The molecule has 1 aromatic carbocycles. The second kappa shape index (κ2) is 6.19. The Kier molecular flexibility index (Phi) is 4.34. The Morgan fingerprint density at radius 1 is 0.944 bits per heavy atom. The maximum Gasteiger partial charge on any atom is 0.0662 e. The van der Waals surface area contributed by atoms with E-state index in [0.717, 1.165) is 49.1 Å². The summed E-state index contributed by atoms with van der Waals surface area (Å²) in [7, 11) is 0. The first kappa shape index (κ1) is 12.6. The molecule has 0 amide bonds. The Morgan fingerprint density at radius 2 is 1.50 bits per heavy atom. The van der Waals surface area contributed by atoms with Crippen LogP contribution >= 0.6 is 0 Å². The van der Waals surface area contributed by atoms with Gasteiger partial charge in [0.05, 0.1) is 11.4 Å². The van der Waals surface area contributed by atoms with Crippen molar-refractivity contribution in [3.63, 3.8) is 0 Å². The van der Waals surface area contributed by atoms with Gasteiger partial charge in [-0.25, -0.2) is 0 Å². The van der Waals surface area contributed by atoms with Crippen molar-refractivity contribution in [1.82, 2.24) is 0 Å². The summed E-state index contributed by atoms with van der Waals surface area (Å²) in [5.41, 5.74) is 2.61. The molecule has 0 aromatic heterocycles. The van der Waals surface area contributed by atoms with Crippen molar-refractivity contribution in [2.45, 2.75) is 32.1 Å². The molecule has 0 aliphatic heterocycles. The summed E-state index contributed by atoms with van der Waals surface area (Å²) in [6.45, 7) is 0. The molecular weight excluding hydrogens is 228 g/mol. The van der Waals surface area contributed by atoms with Crippen LogP contribution in [-0.4, -0.2) is 21.8 Å². The highest BCUT2D eigenvalue weighted by molar-refractivity contribution is 6.07. The van der Waals surface area contributed by atoms with Gasteiger partial charge in [0.1, 0.15) is 0 Å². The zero-order valence-electron chi connectivity index (χ0n) is 10.3. The van der Waals surface area contributed by atoms with Crippen LogP contribution in [0.2, 0.25) is 0 Å². The maximum absolute atomic E-state index is 9.13. The summed E-state index contributed by atoms with van der Waals surface area (Å²) in [6, 6.07) is 10.0. The van der Waals surface area contributed by atoms with Crippen molar-refractivity contribution in [3.05, 3.63) is 35.9 Å². The van der Waals surface area contributed by atoms with Gasteiger partial charge in [-0.05, 0) is 37.7 Å². The Balaban J connectivity index is 2.24. The zero-order chi connectivity index (χ0) is 12.8. The van der Waals surface area contributed by atoms with Crippen LogP contribution in [0.5, 0.6) is 0 Å². The molecule has 0 saturated heterocycles. The molecule has 0 heterocycles. The molecule has 1 aliphatic carbocycles. The van der Waals surface area contributed by atoms with Gasteiger partial charge >= 0.3 is 0 Å². The predicted molar refractivity (Wildman–Crippen MR) is 70.5 cm³/mol. The average molecular weight is 246 g/mol. The minimum atomic E-state index is -0.0788. The van der Waals surface area contributed by atoms with Gasteiger partial charge < -0.3 is 10.4 Å². The number of nitrogens with zero attached hydrogens (tertiary/aromatic N) is 2. The molecule has 0 bridgehead atoms. The van der Waals surface area contributed by atoms with Crippen LogP contribution in [0.15, 0.2) is 40.6 Å². The van der Waals surface area contributed by atoms with E-state index in [9.17, 15) is 0 Å². The van der Waals surface area contributed by atoms with Crippen molar-refractivity contribution < 1.29 is 10.4 Å². The van der Waals surface area contributed by atoms with Crippen molar-refractivity contribution >= 4 is 11.4 Å². The highest BCUT2D eigenvalue weighted by Crippen LogP contribution is 2.23. The largest absolute Gasteiger partial charge is 0.411 e. The SMILES string of the molecule is ON=C1CCCC/C(=N\O)C1Cc1ccccc1. The molecule has 96 valence electrons. The second-order valence-corrected chi connectivity index (χ2v) is 4.63. The van der Waals surface area contributed by atoms with Crippen LogP contribution in [0.4, 0.5) is 0 Å². The summed E-state index contributed by atoms with van der Waals surface area (Å²) in [6.07, 6.45) is 4.22. The van der Waals surface area contributed by atoms with Crippen molar-refractivity contribution in [3.8, 4) is 0 Å². The normalized spacial score (nSPS) is 25.2. The van der Waals surface area contributed by atoms with E-state index in [-0.39, 0.29) is 5.92 Å². The monoisotopic (exact) mass is 246 g/mol. The van der Waals surface area contributed by atoms with E-state index in [1.165, 1.54) is 0 Å². The van der Waals surface area contributed by atoms with Gasteiger partial charge in [-0.3, -0.25) is 0 Å². The van der Waals surface area contributed by atoms with Crippen molar-refractivity contribution in [2.24, 2.45) is 16.2 Å². The van der Waals surface area contributed by atoms with Crippen LogP contribution in [0.3, 0.4) is 0 Å². The van der Waals surface area contributed by atoms with Crippen LogP contribution < -0.4 is 0 Å². The standard InChI is InChI=1S/C14H18N2O2/c17-15-13-8-4-5-9-14(16-18)12(13)10-11-6-2-1-3-7-11/h1-3,6-7,12,17-18H,4-5,8-10H2/b15-13+,16-14?. The predicted octanol–water partition coefficient (Wildman–Crippen LogP) is 3.08. The number of hydrogen-bond acceptors (Lipinski definition) is 4. The lowest BCUT2D eigenvalue weighted by Gasteiger charge is -2.16. The summed E-state index contributed by atoms with van der Waals surface area (Å²) >= 11 is 0. The minimum Gasteiger partial charge on any atom is -0.411 e. The smallest absolute Gasteiger partial charge is 0.0662 e. The summed E-state index contributed by atoms with van der Waals surface area (Å²) in [5, 5.41) is 25.1. The van der Waals surface area contributed by atoms with Crippen molar-refractivity contribution in [1.29, 1.82) is 0 Å². The average Bonchev–Trinajstić information content (AvgIpc) is 2.62. The van der Waals surface area contributed by atoms with Crippen LogP contribution in [0.1, 0.15) is 31.2 Å². The first-order chi connectivity index (χ1) is 8.85. The van der Waals surface area contributed by atoms with E-state index >= 15 is 0 Å². The van der Waals surface area contributed by atoms with Crippen LogP contribution in [0, 0.1) is 5.92 Å². The van der Waals surface area contributed by atoms with Gasteiger partial charge in [-0.2, -0.15) is 0 Å². The third-order valence-electron chi connectivity index (χ3n) is 3.46. The first-order valence-electron chi connectivity index (χ1n) is 6.30. The quantitative estimate of drug-likeness (QED) is 0.478. The van der Waals surface area contributed by atoms with Gasteiger partial charge in [0, 0.05) is 5.92 Å². The lowest BCUT2D eigenvalue weighted by atomic mass is 9.89. The van der Waals surface area contributed by atoms with Gasteiger partial charge in [-0.1, -0.05) is 40.6 Å². The molecule has 2 rings (SSSR count). The Hall–Kier alpha value is -1.84. The Labute approximate surface area is 107 Å². The molecule has 1 saturated carbocycles. The van der Waals surface area contributed by atoms with Gasteiger partial charge in [0.15, 0.2) is 0 Å². The van der Waals surface area contributed by atoms with E-state index in [2.05, 4.69) is 10.3 Å². The molecule has 0 radical (unpaired) electrons. The fourth-order valence-electron chi connectivity index (χ4n) is 2.48. The molecule has 1 fully saturated rings. The summed E-state index contributed by atoms with van der Waals surface area (Å²) in [4.78, 5) is 0.